The molecule has 1 amide bonds. The van der Waals surface area contributed by atoms with E-state index in [1.165, 1.54) is 36.1 Å². The van der Waals surface area contributed by atoms with E-state index in [4.69, 9.17) is 0 Å². The van der Waals surface area contributed by atoms with Gasteiger partial charge in [0.2, 0.25) is 5.91 Å². The highest BCUT2D eigenvalue weighted by Gasteiger charge is 2.22. The molecule has 0 spiro atoms. The Morgan fingerprint density at radius 2 is 2.19 bits per heavy atom. The Morgan fingerprint density at radius 3 is 3.00 bits per heavy atom. The molecular weight excluding hydrogens is 280 g/mol. The molecule has 1 N–H and O–H groups in total. The van der Waals surface area contributed by atoms with Crippen LogP contribution in [0.25, 0.3) is 0 Å². The molecule has 3 rings (SSSR count). The Bertz CT molecular complexity index is 477. The predicted octanol–water partition coefficient (Wildman–Crippen LogP) is 3.05. The Hall–Kier alpha value is -0.870. The third-order valence-corrected chi connectivity index (χ3v) is 6.03. The molecule has 1 fully saturated rings. The van der Waals surface area contributed by atoms with Crippen LogP contribution in [-0.4, -0.2) is 30.4 Å². The van der Waals surface area contributed by atoms with Gasteiger partial charge in [0.15, 0.2) is 0 Å². The SMILES string of the molecule is CC1CCC(CNCC(=O)N2CCc3sccc3C2)CC1. The first-order valence-corrected chi connectivity index (χ1v) is 9.14. The molecule has 0 bridgehead atoms. The van der Waals surface area contributed by atoms with Gasteiger partial charge in [-0.1, -0.05) is 19.8 Å². The van der Waals surface area contributed by atoms with Crippen molar-refractivity contribution in [2.45, 2.75) is 45.6 Å². The molecule has 1 saturated carbocycles. The van der Waals surface area contributed by atoms with Crippen molar-refractivity contribution in [1.29, 1.82) is 0 Å². The van der Waals surface area contributed by atoms with Crippen molar-refractivity contribution < 1.29 is 4.79 Å². The maximum Gasteiger partial charge on any atom is 0.236 e. The summed E-state index contributed by atoms with van der Waals surface area (Å²) < 4.78 is 0. The van der Waals surface area contributed by atoms with Crippen LogP contribution in [0.1, 0.15) is 43.0 Å². The lowest BCUT2D eigenvalue weighted by Gasteiger charge is -2.28. The van der Waals surface area contributed by atoms with Crippen molar-refractivity contribution in [3.05, 3.63) is 21.9 Å². The lowest BCUT2D eigenvalue weighted by Crippen LogP contribution is -2.41. The lowest BCUT2D eigenvalue weighted by atomic mass is 9.83. The molecule has 0 radical (unpaired) electrons. The van der Waals surface area contributed by atoms with Crippen LogP contribution >= 0.6 is 11.3 Å². The standard InChI is InChI=1S/C17H26N2OS/c1-13-2-4-14(5-3-13)10-18-11-17(20)19-8-6-16-15(12-19)7-9-21-16/h7,9,13-14,18H,2-6,8,10-12H2,1H3. The zero-order valence-corrected chi connectivity index (χ0v) is 13.8. The van der Waals surface area contributed by atoms with E-state index in [0.29, 0.717) is 6.54 Å². The Kier molecular flexibility index (Phi) is 4.96. The summed E-state index contributed by atoms with van der Waals surface area (Å²) in [7, 11) is 0. The molecular formula is C17H26N2OS. The summed E-state index contributed by atoms with van der Waals surface area (Å²) >= 11 is 1.82. The van der Waals surface area contributed by atoms with E-state index < -0.39 is 0 Å². The van der Waals surface area contributed by atoms with Gasteiger partial charge < -0.3 is 10.2 Å². The quantitative estimate of drug-likeness (QED) is 0.927. The van der Waals surface area contributed by atoms with Gasteiger partial charge in [-0.15, -0.1) is 11.3 Å². The number of hydrogen-bond donors (Lipinski definition) is 1. The van der Waals surface area contributed by atoms with E-state index in [-0.39, 0.29) is 5.91 Å². The first kappa shape index (κ1) is 15.0. The van der Waals surface area contributed by atoms with Crippen molar-refractivity contribution in [3.63, 3.8) is 0 Å². The molecule has 1 aromatic heterocycles. The number of nitrogens with one attached hydrogen (secondary N) is 1. The summed E-state index contributed by atoms with van der Waals surface area (Å²) in [5.41, 5.74) is 1.35. The molecule has 1 aliphatic carbocycles. The van der Waals surface area contributed by atoms with Crippen LogP contribution in [0.5, 0.6) is 0 Å². The summed E-state index contributed by atoms with van der Waals surface area (Å²) in [5, 5.41) is 5.54. The van der Waals surface area contributed by atoms with Gasteiger partial charge >= 0.3 is 0 Å². The molecule has 0 atom stereocenters. The second kappa shape index (κ2) is 6.93. The Labute approximate surface area is 131 Å². The highest BCUT2D eigenvalue weighted by atomic mass is 32.1. The zero-order valence-electron chi connectivity index (χ0n) is 12.9. The summed E-state index contributed by atoms with van der Waals surface area (Å²) in [4.78, 5) is 15.8. The minimum atomic E-state index is 0.260. The highest BCUT2D eigenvalue weighted by molar-refractivity contribution is 7.10. The van der Waals surface area contributed by atoms with Crippen molar-refractivity contribution >= 4 is 17.2 Å². The van der Waals surface area contributed by atoms with Gasteiger partial charge in [0.05, 0.1) is 6.54 Å². The molecule has 1 aromatic rings. The number of carbonyl (C=O) groups excluding carboxylic acids is 1. The number of rotatable bonds is 4. The fourth-order valence-corrected chi connectivity index (χ4v) is 4.38. The van der Waals surface area contributed by atoms with Crippen LogP contribution in [0, 0.1) is 11.8 Å². The van der Waals surface area contributed by atoms with E-state index >= 15 is 0 Å². The monoisotopic (exact) mass is 306 g/mol. The average Bonchev–Trinajstić information content (AvgIpc) is 2.96. The van der Waals surface area contributed by atoms with E-state index in [1.807, 2.05) is 16.2 Å². The second-order valence-corrected chi connectivity index (χ2v) is 7.69. The largest absolute Gasteiger partial charge is 0.337 e. The Balaban J connectivity index is 1.39. The van der Waals surface area contributed by atoms with Gasteiger partial charge in [-0.25, -0.2) is 0 Å². The van der Waals surface area contributed by atoms with E-state index in [9.17, 15) is 4.79 Å². The van der Waals surface area contributed by atoms with Crippen LogP contribution in [0.2, 0.25) is 0 Å². The molecule has 21 heavy (non-hydrogen) atoms. The number of amides is 1. The smallest absolute Gasteiger partial charge is 0.236 e. The van der Waals surface area contributed by atoms with E-state index in [0.717, 1.165) is 37.9 Å². The highest BCUT2D eigenvalue weighted by Crippen LogP contribution is 2.27. The van der Waals surface area contributed by atoms with Gasteiger partial charge in [-0.2, -0.15) is 0 Å². The summed E-state index contributed by atoms with van der Waals surface area (Å²) in [6, 6.07) is 2.16. The maximum atomic E-state index is 12.3. The van der Waals surface area contributed by atoms with Gasteiger partial charge in [-0.3, -0.25) is 4.79 Å². The molecule has 4 heteroatoms. The third kappa shape index (κ3) is 3.86. The first-order valence-electron chi connectivity index (χ1n) is 8.26. The van der Waals surface area contributed by atoms with Crippen molar-refractivity contribution in [2.24, 2.45) is 11.8 Å². The van der Waals surface area contributed by atoms with Gasteiger partial charge in [0.1, 0.15) is 0 Å². The Morgan fingerprint density at radius 1 is 1.38 bits per heavy atom. The lowest BCUT2D eigenvalue weighted by molar-refractivity contribution is -0.131. The first-order chi connectivity index (χ1) is 10.2. The van der Waals surface area contributed by atoms with Gasteiger partial charge in [0, 0.05) is 18.0 Å². The minimum Gasteiger partial charge on any atom is -0.337 e. The second-order valence-electron chi connectivity index (χ2n) is 6.69. The molecule has 0 aromatic carbocycles. The van der Waals surface area contributed by atoms with E-state index in [2.05, 4.69) is 23.7 Å². The normalized spacial score (nSPS) is 25.7. The van der Waals surface area contributed by atoms with E-state index in [1.54, 1.807) is 0 Å². The van der Waals surface area contributed by atoms with Gasteiger partial charge in [-0.05, 0) is 54.7 Å². The number of thiophene rings is 1. The molecule has 2 heterocycles. The molecule has 0 unspecified atom stereocenters. The zero-order chi connectivity index (χ0) is 14.7. The average molecular weight is 306 g/mol. The van der Waals surface area contributed by atoms with Crippen LogP contribution in [-0.2, 0) is 17.8 Å². The molecule has 116 valence electrons. The number of nitrogens with zero attached hydrogens (tertiary/aromatic N) is 1. The fraction of sp³-hybridized carbons (Fsp3) is 0.706. The maximum absolute atomic E-state index is 12.3. The van der Waals surface area contributed by atoms with Crippen LogP contribution in [0.3, 0.4) is 0 Å². The van der Waals surface area contributed by atoms with Gasteiger partial charge in [0.25, 0.3) is 0 Å². The third-order valence-electron chi connectivity index (χ3n) is 5.01. The number of fused-ring (bicyclic) bond motifs is 1. The molecule has 0 saturated heterocycles. The van der Waals surface area contributed by atoms with Crippen molar-refractivity contribution in [1.82, 2.24) is 10.2 Å². The summed E-state index contributed by atoms with van der Waals surface area (Å²) in [5.74, 6) is 1.94. The van der Waals surface area contributed by atoms with Crippen molar-refractivity contribution in [3.8, 4) is 0 Å². The fourth-order valence-electron chi connectivity index (χ4n) is 3.49. The van der Waals surface area contributed by atoms with Crippen LogP contribution in [0.15, 0.2) is 11.4 Å². The molecule has 1 aliphatic heterocycles. The predicted molar refractivity (Wildman–Crippen MR) is 87.4 cm³/mol. The summed E-state index contributed by atoms with van der Waals surface area (Å²) in [6.45, 7) is 5.55. The number of hydrogen-bond acceptors (Lipinski definition) is 3. The topological polar surface area (TPSA) is 32.3 Å². The molecule has 2 aliphatic rings. The van der Waals surface area contributed by atoms with Crippen LogP contribution < -0.4 is 5.32 Å². The molecule has 3 nitrogen and oxygen atoms in total. The van der Waals surface area contributed by atoms with Crippen LogP contribution in [0.4, 0.5) is 0 Å². The summed E-state index contributed by atoms with van der Waals surface area (Å²) in [6.07, 6.45) is 6.38. The minimum absolute atomic E-state index is 0.260. The van der Waals surface area contributed by atoms with Crippen molar-refractivity contribution in [2.75, 3.05) is 19.6 Å². The number of carbonyl (C=O) groups is 1.